The van der Waals surface area contributed by atoms with E-state index in [1.54, 1.807) is 26.0 Å². The van der Waals surface area contributed by atoms with E-state index in [0.29, 0.717) is 0 Å². The summed E-state index contributed by atoms with van der Waals surface area (Å²) in [7, 11) is 0. The number of amides is 1. The molecule has 1 aromatic rings. The Morgan fingerprint density at radius 2 is 1.93 bits per heavy atom. The number of hydrogen-bond donors (Lipinski definition) is 3. The maximum atomic E-state index is 11.6. The van der Waals surface area contributed by atoms with Crippen molar-refractivity contribution >= 4 is 5.91 Å². The maximum Gasteiger partial charge on any atom is 0.244 e. The highest BCUT2D eigenvalue weighted by atomic mass is 16.3. The standard InChI is InChI=1S/C11H16N2O2/c1-11(2,15)9(10(14)13-12)8-6-4-3-5-7-8/h3-7,9,15H,12H2,1-2H3,(H,13,14)/t9-/m1/s1. The van der Waals surface area contributed by atoms with Gasteiger partial charge in [-0.3, -0.25) is 10.2 Å². The Labute approximate surface area is 89.1 Å². The molecule has 0 fully saturated rings. The Bertz CT molecular complexity index is 330. The quantitative estimate of drug-likeness (QED) is 0.385. The predicted octanol–water partition coefficient (Wildman–Crippen LogP) is 0.531. The molecular weight excluding hydrogens is 192 g/mol. The smallest absolute Gasteiger partial charge is 0.244 e. The summed E-state index contributed by atoms with van der Waals surface area (Å²) in [5, 5.41) is 9.92. The fraction of sp³-hybridized carbons (Fsp3) is 0.364. The van der Waals surface area contributed by atoms with Gasteiger partial charge in [0.15, 0.2) is 0 Å². The average Bonchev–Trinajstić information content (AvgIpc) is 2.17. The van der Waals surface area contributed by atoms with Crippen LogP contribution in [0.5, 0.6) is 0 Å². The molecule has 0 unspecified atom stereocenters. The van der Waals surface area contributed by atoms with Gasteiger partial charge in [0, 0.05) is 0 Å². The van der Waals surface area contributed by atoms with Gasteiger partial charge in [0.2, 0.25) is 5.91 Å². The highest BCUT2D eigenvalue weighted by Crippen LogP contribution is 2.27. The minimum Gasteiger partial charge on any atom is -0.389 e. The highest BCUT2D eigenvalue weighted by molar-refractivity contribution is 5.84. The van der Waals surface area contributed by atoms with Crippen molar-refractivity contribution in [3.8, 4) is 0 Å². The molecule has 0 heterocycles. The summed E-state index contributed by atoms with van der Waals surface area (Å²) in [4.78, 5) is 11.6. The number of hydrogen-bond acceptors (Lipinski definition) is 3. The van der Waals surface area contributed by atoms with E-state index in [9.17, 15) is 9.90 Å². The molecule has 82 valence electrons. The second kappa shape index (κ2) is 4.42. The molecule has 4 heteroatoms. The molecule has 0 aliphatic heterocycles. The van der Waals surface area contributed by atoms with Crippen molar-refractivity contribution in [3.63, 3.8) is 0 Å². The van der Waals surface area contributed by atoms with Crippen molar-refractivity contribution in [3.05, 3.63) is 35.9 Å². The zero-order valence-corrected chi connectivity index (χ0v) is 8.90. The van der Waals surface area contributed by atoms with E-state index in [0.717, 1.165) is 5.56 Å². The Morgan fingerprint density at radius 3 is 2.33 bits per heavy atom. The number of hydrazine groups is 1. The van der Waals surface area contributed by atoms with Crippen LogP contribution in [0.15, 0.2) is 30.3 Å². The molecule has 0 saturated carbocycles. The van der Waals surface area contributed by atoms with Crippen LogP contribution in [0.1, 0.15) is 25.3 Å². The summed E-state index contributed by atoms with van der Waals surface area (Å²) >= 11 is 0. The molecule has 1 atom stereocenters. The van der Waals surface area contributed by atoms with Gasteiger partial charge in [-0.2, -0.15) is 0 Å². The lowest BCUT2D eigenvalue weighted by Gasteiger charge is -2.27. The highest BCUT2D eigenvalue weighted by Gasteiger charge is 2.34. The molecule has 0 aliphatic carbocycles. The lowest BCUT2D eigenvalue weighted by molar-refractivity contribution is -0.127. The van der Waals surface area contributed by atoms with Crippen LogP contribution < -0.4 is 11.3 Å². The molecule has 0 aliphatic rings. The Hall–Kier alpha value is -1.39. The van der Waals surface area contributed by atoms with E-state index < -0.39 is 17.4 Å². The molecule has 0 saturated heterocycles. The van der Waals surface area contributed by atoms with E-state index in [1.807, 2.05) is 18.2 Å². The molecule has 0 bridgehead atoms. The van der Waals surface area contributed by atoms with Gasteiger partial charge in [0.25, 0.3) is 0 Å². The first kappa shape index (κ1) is 11.7. The summed E-state index contributed by atoms with van der Waals surface area (Å²) in [5.41, 5.74) is 1.67. The molecule has 1 rings (SSSR count). The molecule has 4 N–H and O–H groups in total. The molecular formula is C11H16N2O2. The van der Waals surface area contributed by atoms with Crippen LogP contribution >= 0.6 is 0 Å². The number of aliphatic hydroxyl groups is 1. The molecule has 0 radical (unpaired) electrons. The molecule has 0 aromatic heterocycles. The minimum absolute atomic E-state index is 0.395. The lowest BCUT2D eigenvalue weighted by atomic mass is 9.84. The second-order valence-corrected chi connectivity index (χ2v) is 4.01. The van der Waals surface area contributed by atoms with Crippen LogP contribution in [0.4, 0.5) is 0 Å². The molecule has 15 heavy (non-hydrogen) atoms. The third-order valence-corrected chi connectivity index (χ3v) is 2.24. The Balaban J connectivity index is 3.08. The van der Waals surface area contributed by atoms with E-state index in [-0.39, 0.29) is 0 Å². The van der Waals surface area contributed by atoms with Gasteiger partial charge in [0.1, 0.15) is 0 Å². The molecule has 1 aromatic carbocycles. The monoisotopic (exact) mass is 208 g/mol. The number of rotatable bonds is 3. The minimum atomic E-state index is -1.15. The zero-order valence-electron chi connectivity index (χ0n) is 8.90. The van der Waals surface area contributed by atoms with Gasteiger partial charge in [-0.25, -0.2) is 5.84 Å². The van der Waals surface area contributed by atoms with Crippen LogP contribution in [-0.2, 0) is 4.79 Å². The van der Waals surface area contributed by atoms with Gasteiger partial charge in [-0.05, 0) is 19.4 Å². The van der Waals surface area contributed by atoms with Crippen molar-refractivity contribution in [2.45, 2.75) is 25.4 Å². The Kier molecular flexibility index (Phi) is 3.44. The SMILES string of the molecule is CC(C)(O)[C@@H](C(=O)NN)c1ccccc1. The van der Waals surface area contributed by atoms with Crippen LogP contribution in [0.3, 0.4) is 0 Å². The van der Waals surface area contributed by atoms with E-state index >= 15 is 0 Å². The van der Waals surface area contributed by atoms with Gasteiger partial charge in [0.05, 0.1) is 11.5 Å². The van der Waals surface area contributed by atoms with Crippen molar-refractivity contribution in [1.29, 1.82) is 0 Å². The first-order valence-electron chi connectivity index (χ1n) is 4.74. The van der Waals surface area contributed by atoms with Crippen LogP contribution in [0, 0.1) is 0 Å². The lowest BCUT2D eigenvalue weighted by Crippen LogP contribution is -2.43. The van der Waals surface area contributed by atoms with Crippen LogP contribution in [0.2, 0.25) is 0 Å². The van der Waals surface area contributed by atoms with Gasteiger partial charge in [-0.15, -0.1) is 0 Å². The van der Waals surface area contributed by atoms with Crippen molar-refractivity contribution in [1.82, 2.24) is 5.43 Å². The van der Waals surface area contributed by atoms with Crippen molar-refractivity contribution in [2.75, 3.05) is 0 Å². The molecule has 1 amide bonds. The fourth-order valence-electron chi connectivity index (χ4n) is 1.61. The first-order chi connectivity index (χ1) is 6.96. The molecule has 0 spiro atoms. The summed E-state index contributed by atoms with van der Waals surface area (Å²) in [6.45, 7) is 3.17. The predicted molar refractivity (Wildman–Crippen MR) is 57.8 cm³/mol. The molecule has 4 nitrogen and oxygen atoms in total. The number of benzene rings is 1. The maximum absolute atomic E-state index is 11.6. The fourth-order valence-corrected chi connectivity index (χ4v) is 1.61. The van der Waals surface area contributed by atoms with Crippen molar-refractivity contribution < 1.29 is 9.90 Å². The van der Waals surface area contributed by atoms with E-state index in [2.05, 4.69) is 5.43 Å². The summed E-state index contributed by atoms with van der Waals surface area (Å²) in [6.07, 6.45) is 0. The van der Waals surface area contributed by atoms with Crippen LogP contribution in [-0.4, -0.2) is 16.6 Å². The normalized spacial score (nSPS) is 13.3. The summed E-state index contributed by atoms with van der Waals surface area (Å²) in [6, 6.07) is 9.07. The number of carbonyl (C=O) groups excluding carboxylic acids is 1. The first-order valence-corrected chi connectivity index (χ1v) is 4.74. The van der Waals surface area contributed by atoms with Crippen LogP contribution in [0.25, 0.3) is 0 Å². The van der Waals surface area contributed by atoms with E-state index in [1.165, 1.54) is 0 Å². The van der Waals surface area contributed by atoms with E-state index in [4.69, 9.17) is 5.84 Å². The zero-order chi connectivity index (χ0) is 11.5. The Morgan fingerprint density at radius 1 is 1.40 bits per heavy atom. The van der Waals surface area contributed by atoms with Gasteiger partial charge >= 0.3 is 0 Å². The third kappa shape index (κ3) is 2.78. The second-order valence-electron chi connectivity index (χ2n) is 4.01. The number of carbonyl (C=O) groups is 1. The number of nitrogens with one attached hydrogen (secondary N) is 1. The summed E-state index contributed by atoms with van der Waals surface area (Å²) in [5.74, 6) is 4.04. The summed E-state index contributed by atoms with van der Waals surface area (Å²) < 4.78 is 0. The third-order valence-electron chi connectivity index (χ3n) is 2.24. The van der Waals surface area contributed by atoms with Gasteiger partial charge in [-0.1, -0.05) is 30.3 Å². The van der Waals surface area contributed by atoms with Crippen molar-refractivity contribution in [2.24, 2.45) is 5.84 Å². The topological polar surface area (TPSA) is 75.3 Å². The van der Waals surface area contributed by atoms with Gasteiger partial charge < -0.3 is 5.11 Å². The largest absolute Gasteiger partial charge is 0.389 e. The number of nitrogens with two attached hydrogens (primary N) is 1. The average molecular weight is 208 g/mol.